The molecule has 0 bridgehead atoms. The molecule has 1 aliphatic rings. The molecule has 1 heteroatoms. The van der Waals surface area contributed by atoms with Gasteiger partial charge in [0.25, 0.3) is 0 Å². The van der Waals surface area contributed by atoms with Gasteiger partial charge in [0.05, 0.1) is 0 Å². The third-order valence-corrected chi connectivity index (χ3v) is 3.48. The fourth-order valence-corrected chi connectivity index (χ4v) is 2.52. The smallest absolute Gasteiger partial charge is 0.0355 e. The summed E-state index contributed by atoms with van der Waals surface area (Å²) in [6, 6.07) is 10.6. The molecule has 0 amide bonds. The quantitative estimate of drug-likeness (QED) is 0.826. The highest BCUT2D eigenvalue weighted by molar-refractivity contribution is 5.74. The maximum Gasteiger partial charge on any atom is 0.0355 e. The molecule has 0 spiro atoms. The predicted octanol–water partition coefficient (Wildman–Crippen LogP) is 4.16. The average Bonchev–Trinajstić information content (AvgIpc) is 2.27. The lowest BCUT2D eigenvalue weighted by Crippen LogP contribution is -2.36. The summed E-state index contributed by atoms with van der Waals surface area (Å²) in [5.74, 6) is 0. The Kier molecular flexibility index (Phi) is 3.20. The molecule has 0 aliphatic heterocycles. The molecule has 0 saturated carbocycles. The number of hydrogen-bond donors (Lipinski definition) is 1. The molecule has 96 valence electrons. The van der Waals surface area contributed by atoms with Crippen LogP contribution in [-0.4, -0.2) is 5.54 Å². The molecule has 1 aliphatic carbocycles. The highest BCUT2D eigenvalue weighted by atomic mass is 14.7. The predicted molar refractivity (Wildman–Crippen MR) is 79.2 cm³/mol. The zero-order valence-electron chi connectivity index (χ0n) is 11.8. The van der Waals surface area contributed by atoms with E-state index < -0.39 is 0 Å². The van der Waals surface area contributed by atoms with Gasteiger partial charge in [-0.25, -0.2) is 0 Å². The van der Waals surface area contributed by atoms with Crippen molar-refractivity contribution in [1.82, 2.24) is 0 Å². The van der Waals surface area contributed by atoms with Crippen molar-refractivity contribution in [2.75, 3.05) is 0 Å². The highest BCUT2D eigenvalue weighted by Crippen LogP contribution is 2.41. The highest BCUT2D eigenvalue weighted by Gasteiger charge is 2.28. The molecule has 0 aromatic heterocycles. The van der Waals surface area contributed by atoms with Crippen molar-refractivity contribution in [3.8, 4) is 0 Å². The van der Waals surface area contributed by atoms with Crippen LogP contribution < -0.4 is 5.73 Å². The molecular formula is C17H23N. The summed E-state index contributed by atoms with van der Waals surface area (Å²) in [5.41, 5.74) is 10.2. The summed E-state index contributed by atoms with van der Waals surface area (Å²) in [7, 11) is 0. The van der Waals surface area contributed by atoms with Crippen LogP contribution in [-0.2, 0) is 0 Å². The van der Waals surface area contributed by atoms with Gasteiger partial charge in [-0.2, -0.15) is 0 Å². The summed E-state index contributed by atoms with van der Waals surface area (Å²) in [6.45, 7) is 8.70. The van der Waals surface area contributed by atoms with Gasteiger partial charge in [-0.05, 0) is 42.4 Å². The van der Waals surface area contributed by atoms with E-state index in [9.17, 15) is 0 Å². The zero-order valence-corrected chi connectivity index (χ0v) is 11.8. The van der Waals surface area contributed by atoms with Crippen LogP contribution in [0.3, 0.4) is 0 Å². The largest absolute Gasteiger partial charge is 0.322 e. The minimum atomic E-state index is -0.293. The molecule has 0 heterocycles. The van der Waals surface area contributed by atoms with Crippen molar-refractivity contribution < 1.29 is 0 Å². The Morgan fingerprint density at radius 1 is 1.11 bits per heavy atom. The summed E-state index contributed by atoms with van der Waals surface area (Å²) in [5, 5.41) is 0. The Morgan fingerprint density at radius 3 is 2.28 bits per heavy atom. The Balaban J connectivity index is 2.55. The summed E-state index contributed by atoms with van der Waals surface area (Å²) in [4.78, 5) is 0. The molecular weight excluding hydrogens is 218 g/mol. The number of allylic oxidation sites excluding steroid dienone is 2. The van der Waals surface area contributed by atoms with Gasteiger partial charge in [0, 0.05) is 5.54 Å². The van der Waals surface area contributed by atoms with Crippen LogP contribution in [0, 0.1) is 5.41 Å². The molecule has 2 N–H and O–H groups in total. The van der Waals surface area contributed by atoms with Crippen LogP contribution in [0.15, 0.2) is 48.1 Å². The van der Waals surface area contributed by atoms with E-state index in [0.29, 0.717) is 0 Å². The van der Waals surface area contributed by atoms with Crippen molar-refractivity contribution in [2.24, 2.45) is 11.1 Å². The van der Waals surface area contributed by atoms with Crippen LogP contribution in [0.1, 0.15) is 39.7 Å². The van der Waals surface area contributed by atoms with Crippen LogP contribution >= 0.6 is 0 Å². The second kappa shape index (κ2) is 4.40. The lowest BCUT2D eigenvalue weighted by Gasteiger charge is -2.33. The third kappa shape index (κ3) is 2.73. The van der Waals surface area contributed by atoms with Crippen LogP contribution in [0.5, 0.6) is 0 Å². The molecule has 0 fully saturated rings. The first kappa shape index (κ1) is 13.1. The minimum absolute atomic E-state index is 0.208. The van der Waals surface area contributed by atoms with E-state index in [1.165, 1.54) is 16.7 Å². The van der Waals surface area contributed by atoms with Gasteiger partial charge < -0.3 is 5.73 Å². The molecule has 18 heavy (non-hydrogen) atoms. The van der Waals surface area contributed by atoms with Gasteiger partial charge in [-0.3, -0.25) is 0 Å². The first-order valence-electron chi connectivity index (χ1n) is 6.57. The van der Waals surface area contributed by atoms with E-state index in [1.54, 1.807) is 0 Å². The minimum Gasteiger partial charge on any atom is -0.322 e. The van der Waals surface area contributed by atoms with E-state index in [4.69, 9.17) is 5.73 Å². The van der Waals surface area contributed by atoms with E-state index in [2.05, 4.69) is 70.2 Å². The fraction of sp³-hybridized carbons (Fsp3) is 0.412. The molecule has 0 atom stereocenters. The van der Waals surface area contributed by atoms with Gasteiger partial charge in [0.2, 0.25) is 0 Å². The normalized spacial score (nSPS) is 19.2. The first-order valence-corrected chi connectivity index (χ1v) is 6.57. The Bertz CT molecular complexity index is 484. The first-order chi connectivity index (χ1) is 8.30. The van der Waals surface area contributed by atoms with Gasteiger partial charge in [0.15, 0.2) is 0 Å². The molecule has 1 aromatic carbocycles. The molecule has 1 aromatic rings. The Labute approximate surface area is 110 Å². The second-order valence-electron chi connectivity index (χ2n) is 6.48. The maximum atomic E-state index is 6.32. The number of benzene rings is 1. The summed E-state index contributed by atoms with van der Waals surface area (Å²) in [6.07, 6.45) is 5.54. The number of rotatable bonds is 2. The standard InChI is InChI=1S/C17H23N/c1-16(2)11-10-15(17(3,4)18)14(12-16)13-8-6-5-7-9-13/h5-11H,12,18H2,1-4H3. The number of hydrogen-bond acceptors (Lipinski definition) is 1. The van der Waals surface area contributed by atoms with Crippen molar-refractivity contribution in [3.63, 3.8) is 0 Å². The molecule has 0 radical (unpaired) electrons. The number of nitrogens with two attached hydrogens (primary N) is 1. The van der Waals surface area contributed by atoms with E-state index in [-0.39, 0.29) is 11.0 Å². The van der Waals surface area contributed by atoms with Crippen molar-refractivity contribution in [2.45, 2.75) is 39.7 Å². The monoisotopic (exact) mass is 241 g/mol. The van der Waals surface area contributed by atoms with E-state index in [1.807, 2.05) is 0 Å². The lowest BCUT2D eigenvalue weighted by atomic mass is 9.73. The van der Waals surface area contributed by atoms with E-state index in [0.717, 1.165) is 6.42 Å². The Hall–Kier alpha value is -1.34. The molecule has 0 unspecified atom stereocenters. The van der Waals surface area contributed by atoms with Gasteiger partial charge >= 0.3 is 0 Å². The zero-order chi connectivity index (χ0) is 13.4. The van der Waals surface area contributed by atoms with Crippen LogP contribution in [0.25, 0.3) is 5.57 Å². The molecule has 0 saturated heterocycles. The maximum absolute atomic E-state index is 6.32. The SMILES string of the molecule is CC1(C)C=CC(C(C)(C)N)=C(c2ccccc2)C1. The topological polar surface area (TPSA) is 26.0 Å². The van der Waals surface area contributed by atoms with Crippen molar-refractivity contribution in [3.05, 3.63) is 53.6 Å². The van der Waals surface area contributed by atoms with Gasteiger partial charge in [0.1, 0.15) is 0 Å². The van der Waals surface area contributed by atoms with Crippen LogP contribution in [0.4, 0.5) is 0 Å². The Morgan fingerprint density at radius 2 is 1.72 bits per heavy atom. The van der Waals surface area contributed by atoms with Gasteiger partial charge in [-0.1, -0.05) is 56.3 Å². The van der Waals surface area contributed by atoms with E-state index >= 15 is 0 Å². The fourth-order valence-electron chi connectivity index (χ4n) is 2.52. The molecule has 2 rings (SSSR count). The molecule has 1 nitrogen and oxygen atoms in total. The van der Waals surface area contributed by atoms with Crippen LogP contribution in [0.2, 0.25) is 0 Å². The van der Waals surface area contributed by atoms with Gasteiger partial charge in [-0.15, -0.1) is 0 Å². The van der Waals surface area contributed by atoms with Crippen molar-refractivity contribution in [1.29, 1.82) is 0 Å². The lowest BCUT2D eigenvalue weighted by molar-refractivity contribution is 0.482. The van der Waals surface area contributed by atoms with Crippen molar-refractivity contribution >= 4 is 5.57 Å². The summed E-state index contributed by atoms with van der Waals surface area (Å²) < 4.78 is 0. The third-order valence-electron chi connectivity index (χ3n) is 3.48. The second-order valence-corrected chi connectivity index (χ2v) is 6.48. The average molecular weight is 241 g/mol. The summed E-state index contributed by atoms with van der Waals surface area (Å²) >= 11 is 0.